The van der Waals surface area contributed by atoms with Crippen LogP contribution in [0.3, 0.4) is 0 Å². The largest absolute Gasteiger partial charge is 0.497 e. The average Bonchev–Trinajstić information content (AvgIpc) is 2.86. The highest BCUT2D eigenvalue weighted by molar-refractivity contribution is 7.13. The van der Waals surface area contributed by atoms with Gasteiger partial charge in [-0.2, -0.15) is 0 Å². The van der Waals surface area contributed by atoms with E-state index in [1.807, 2.05) is 24.3 Å². The van der Waals surface area contributed by atoms with Crippen LogP contribution in [0.2, 0.25) is 0 Å². The molecule has 0 spiro atoms. The second kappa shape index (κ2) is 7.04. The molecule has 0 fully saturated rings. The maximum Gasteiger partial charge on any atom is 0.347 e. The lowest BCUT2D eigenvalue weighted by molar-refractivity contribution is -0.120. The number of nitrogens with one attached hydrogen (secondary N) is 1. The van der Waals surface area contributed by atoms with Crippen molar-refractivity contribution in [1.82, 2.24) is 10.3 Å². The van der Waals surface area contributed by atoms with E-state index in [-0.39, 0.29) is 17.2 Å². The molecule has 0 unspecified atom stereocenters. The van der Waals surface area contributed by atoms with Crippen molar-refractivity contribution in [3.8, 4) is 5.75 Å². The highest BCUT2D eigenvalue weighted by Crippen LogP contribution is 2.18. The molecule has 116 valence electrons. The second-order valence-corrected chi connectivity index (χ2v) is 5.71. The summed E-state index contributed by atoms with van der Waals surface area (Å²) in [6.07, 6.45) is 0.0783. The first-order valence-corrected chi connectivity index (χ1v) is 7.40. The number of aromatic nitrogens is 1. The van der Waals surface area contributed by atoms with Gasteiger partial charge in [0, 0.05) is 6.54 Å². The Hall–Kier alpha value is -2.41. The number of carbonyl (C=O) groups is 2. The first-order chi connectivity index (χ1) is 10.5. The van der Waals surface area contributed by atoms with Crippen molar-refractivity contribution >= 4 is 23.2 Å². The second-order valence-electron chi connectivity index (χ2n) is 4.63. The molecular formula is C15H16N2O4S. The molecule has 0 radical (unpaired) electrons. The lowest BCUT2D eigenvalue weighted by Gasteiger charge is -2.05. The molecular weight excluding hydrogens is 304 g/mol. The summed E-state index contributed by atoms with van der Waals surface area (Å²) < 4.78 is 5.06. The van der Waals surface area contributed by atoms with Crippen LogP contribution in [0.4, 0.5) is 0 Å². The van der Waals surface area contributed by atoms with Crippen LogP contribution in [0.1, 0.15) is 25.9 Å². The Morgan fingerprint density at radius 1 is 1.32 bits per heavy atom. The first-order valence-electron chi connectivity index (χ1n) is 6.59. The van der Waals surface area contributed by atoms with E-state index in [0.29, 0.717) is 17.2 Å². The van der Waals surface area contributed by atoms with Crippen molar-refractivity contribution in [1.29, 1.82) is 0 Å². The smallest absolute Gasteiger partial charge is 0.347 e. The Morgan fingerprint density at radius 3 is 2.55 bits per heavy atom. The molecule has 1 aromatic heterocycles. The molecule has 0 aliphatic carbocycles. The van der Waals surface area contributed by atoms with E-state index in [1.165, 1.54) is 0 Å². The number of thiazole rings is 1. The van der Waals surface area contributed by atoms with Crippen LogP contribution in [0.15, 0.2) is 24.3 Å². The maximum atomic E-state index is 11.9. The van der Waals surface area contributed by atoms with Crippen molar-refractivity contribution < 1.29 is 19.4 Å². The van der Waals surface area contributed by atoms with Gasteiger partial charge in [0.15, 0.2) is 0 Å². The molecule has 2 aromatic rings. The first kappa shape index (κ1) is 16.0. The van der Waals surface area contributed by atoms with E-state index in [4.69, 9.17) is 9.84 Å². The van der Waals surface area contributed by atoms with Crippen LogP contribution >= 0.6 is 11.3 Å². The zero-order valence-electron chi connectivity index (χ0n) is 12.3. The Morgan fingerprint density at radius 2 is 2.00 bits per heavy atom. The summed E-state index contributed by atoms with van der Waals surface area (Å²) in [5.41, 5.74) is 1.39. The number of rotatable bonds is 6. The molecule has 0 aliphatic heterocycles. The molecule has 0 saturated carbocycles. The SMILES string of the molecule is COc1ccc(CNC(=O)Cc2nc(C)c(C(=O)O)s2)cc1. The summed E-state index contributed by atoms with van der Waals surface area (Å²) in [5.74, 6) is -0.448. The average molecular weight is 320 g/mol. The Kier molecular flexibility index (Phi) is 5.11. The summed E-state index contributed by atoms with van der Waals surface area (Å²) in [6, 6.07) is 7.39. The third-order valence-corrected chi connectivity index (χ3v) is 4.14. The molecule has 0 saturated heterocycles. The quantitative estimate of drug-likeness (QED) is 0.850. The molecule has 6 nitrogen and oxygen atoms in total. The van der Waals surface area contributed by atoms with Gasteiger partial charge >= 0.3 is 5.97 Å². The molecule has 1 heterocycles. The lowest BCUT2D eigenvalue weighted by atomic mass is 10.2. The number of benzene rings is 1. The zero-order valence-corrected chi connectivity index (χ0v) is 13.1. The number of amides is 1. The third-order valence-electron chi connectivity index (χ3n) is 3.00. The predicted octanol–water partition coefficient (Wildman–Crippen LogP) is 2.02. The number of nitrogens with zero attached hydrogens (tertiary/aromatic N) is 1. The molecule has 0 aliphatic rings. The van der Waals surface area contributed by atoms with Crippen molar-refractivity contribution in [3.05, 3.63) is 45.4 Å². The van der Waals surface area contributed by atoms with Gasteiger partial charge in [0.05, 0.1) is 19.2 Å². The fraction of sp³-hybridized carbons (Fsp3) is 0.267. The number of carboxylic acid groups (broad SMARTS) is 1. The number of hydrogen-bond donors (Lipinski definition) is 2. The maximum absolute atomic E-state index is 11.9. The van der Waals surface area contributed by atoms with Crippen molar-refractivity contribution in [2.24, 2.45) is 0 Å². The highest BCUT2D eigenvalue weighted by Gasteiger charge is 2.15. The van der Waals surface area contributed by atoms with Crippen LogP contribution in [0, 0.1) is 6.92 Å². The van der Waals surface area contributed by atoms with Crippen molar-refractivity contribution in [3.63, 3.8) is 0 Å². The molecule has 2 rings (SSSR count). The summed E-state index contributed by atoms with van der Waals surface area (Å²) >= 11 is 1.03. The van der Waals surface area contributed by atoms with Gasteiger partial charge in [-0.3, -0.25) is 4.79 Å². The Balaban J connectivity index is 1.89. The van der Waals surface area contributed by atoms with Gasteiger partial charge < -0.3 is 15.2 Å². The van der Waals surface area contributed by atoms with Crippen LogP contribution in [-0.4, -0.2) is 29.1 Å². The number of methoxy groups -OCH3 is 1. The number of carboxylic acids is 1. The molecule has 22 heavy (non-hydrogen) atoms. The van der Waals surface area contributed by atoms with Gasteiger partial charge in [0.1, 0.15) is 15.6 Å². The number of ether oxygens (including phenoxy) is 1. The van der Waals surface area contributed by atoms with E-state index in [1.54, 1.807) is 14.0 Å². The van der Waals surface area contributed by atoms with E-state index in [2.05, 4.69) is 10.3 Å². The molecule has 7 heteroatoms. The molecule has 0 atom stereocenters. The monoisotopic (exact) mass is 320 g/mol. The number of aromatic carboxylic acids is 1. The van der Waals surface area contributed by atoms with Gasteiger partial charge in [0.25, 0.3) is 0 Å². The molecule has 0 bridgehead atoms. The van der Waals surface area contributed by atoms with Gasteiger partial charge in [-0.05, 0) is 24.6 Å². The van der Waals surface area contributed by atoms with Crippen molar-refractivity contribution in [2.75, 3.05) is 7.11 Å². The van der Waals surface area contributed by atoms with E-state index in [9.17, 15) is 9.59 Å². The van der Waals surface area contributed by atoms with E-state index in [0.717, 1.165) is 22.6 Å². The molecule has 1 aromatic carbocycles. The fourth-order valence-electron chi connectivity index (χ4n) is 1.87. The minimum Gasteiger partial charge on any atom is -0.497 e. The van der Waals surface area contributed by atoms with Gasteiger partial charge in [0.2, 0.25) is 5.91 Å². The van der Waals surface area contributed by atoms with Crippen molar-refractivity contribution in [2.45, 2.75) is 19.9 Å². The van der Waals surface area contributed by atoms with Crippen LogP contribution in [0.5, 0.6) is 5.75 Å². The van der Waals surface area contributed by atoms with E-state index >= 15 is 0 Å². The van der Waals surface area contributed by atoms with Crippen LogP contribution in [0.25, 0.3) is 0 Å². The summed E-state index contributed by atoms with van der Waals surface area (Å²) in [6.45, 7) is 2.03. The predicted molar refractivity (Wildman–Crippen MR) is 82.4 cm³/mol. The summed E-state index contributed by atoms with van der Waals surface area (Å²) in [5, 5.41) is 12.3. The number of aryl methyl sites for hydroxylation is 1. The number of hydrogen-bond acceptors (Lipinski definition) is 5. The standard InChI is InChI=1S/C15H16N2O4S/c1-9-14(15(19)20)22-13(17-9)7-12(18)16-8-10-3-5-11(21-2)6-4-10/h3-6H,7-8H2,1-2H3,(H,16,18)(H,19,20). The summed E-state index contributed by atoms with van der Waals surface area (Å²) in [7, 11) is 1.60. The van der Waals surface area contributed by atoms with E-state index < -0.39 is 5.97 Å². The van der Waals surface area contributed by atoms with Gasteiger partial charge in [-0.1, -0.05) is 12.1 Å². The highest BCUT2D eigenvalue weighted by atomic mass is 32.1. The fourth-order valence-corrected chi connectivity index (χ4v) is 2.77. The van der Waals surface area contributed by atoms with Gasteiger partial charge in [-0.15, -0.1) is 11.3 Å². The lowest BCUT2D eigenvalue weighted by Crippen LogP contribution is -2.24. The minimum atomic E-state index is -1.01. The summed E-state index contributed by atoms with van der Waals surface area (Å²) in [4.78, 5) is 27.1. The topological polar surface area (TPSA) is 88.5 Å². The Labute approximate surface area is 131 Å². The molecule has 2 N–H and O–H groups in total. The van der Waals surface area contributed by atoms with Crippen LogP contribution in [-0.2, 0) is 17.8 Å². The Bertz CT molecular complexity index is 679. The van der Waals surface area contributed by atoms with Crippen LogP contribution < -0.4 is 10.1 Å². The minimum absolute atomic E-state index is 0.0783. The third kappa shape index (κ3) is 4.05. The molecule has 1 amide bonds. The van der Waals surface area contributed by atoms with Gasteiger partial charge in [-0.25, -0.2) is 9.78 Å². The zero-order chi connectivity index (χ0) is 16.1. The number of carbonyl (C=O) groups excluding carboxylic acids is 1. The normalized spacial score (nSPS) is 10.3.